The summed E-state index contributed by atoms with van der Waals surface area (Å²) in [4.78, 5) is 28.5. The minimum absolute atomic E-state index is 0.161. The van der Waals surface area contributed by atoms with Crippen molar-refractivity contribution in [3.8, 4) is 0 Å². The number of amides is 2. The molecule has 0 unspecified atom stereocenters. The van der Waals surface area contributed by atoms with Crippen molar-refractivity contribution in [1.29, 1.82) is 0 Å². The number of rotatable bonds is 10. The van der Waals surface area contributed by atoms with Crippen LogP contribution in [0.2, 0.25) is 0 Å². The first-order valence-corrected chi connectivity index (χ1v) is 14.0. The van der Waals surface area contributed by atoms with Gasteiger partial charge in [0.15, 0.2) is 0 Å². The van der Waals surface area contributed by atoms with Gasteiger partial charge in [-0.2, -0.15) is 0 Å². The number of benzene rings is 3. The third-order valence-electron chi connectivity index (χ3n) is 6.30. The van der Waals surface area contributed by atoms with Crippen LogP contribution in [0.25, 0.3) is 0 Å². The number of anilines is 1. The van der Waals surface area contributed by atoms with Crippen LogP contribution < -0.4 is 9.62 Å². The highest BCUT2D eigenvalue weighted by Gasteiger charge is 2.33. The molecule has 0 aliphatic carbocycles. The number of hydrogen-bond donors (Lipinski definition) is 1. The molecule has 0 aliphatic heterocycles. The quantitative estimate of drug-likeness (QED) is 0.440. The number of carbonyl (C=O) groups is 2. The standard InChI is InChI=1S/C29H35N3O4S/c1-21-12-15-25(16-13-21)19-31(27(29(34)30-4)18-24-9-7-6-8-10-24)28(33)20-32(37(5,35)36)26-17-22(2)11-14-23(26)3/h6-17,27H,18-20H2,1-5H3,(H,30,34)/t27-/m1/s1. The van der Waals surface area contributed by atoms with Gasteiger partial charge in [0, 0.05) is 20.0 Å². The molecule has 0 spiro atoms. The molecule has 0 heterocycles. The lowest BCUT2D eigenvalue weighted by molar-refractivity contribution is -0.139. The number of carbonyl (C=O) groups excluding carboxylic acids is 2. The predicted octanol–water partition coefficient (Wildman–Crippen LogP) is 3.76. The van der Waals surface area contributed by atoms with Crippen molar-refractivity contribution in [2.75, 3.05) is 24.2 Å². The number of hydrogen-bond acceptors (Lipinski definition) is 4. The van der Waals surface area contributed by atoms with Crippen molar-refractivity contribution in [2.45, 2.75) is 39.8 Å². The van der Waals surface area contributed by atoms with E-state index < -0.39 is 28.5 Å². The van der Waals surface area contributed by atoms with Crippen LogP contribution in [0.1, 0.15) is 27.8 Å². The van der Waals surface area contributed by atoms with Crippen LogP contribution in [0.4, 0.5) is 5.69 Å². The van der Waals surface area contributed by atoms with Gasteiger partial charge < -0.3 is 10.2 Å². The molecule has 0 bridgehead atoms. The molecule has 3 aromatic rings. The largest absolute Gasteiger partial charge is 0.357 e. The second kappa shape index (κ2) is 12.1. The molecule has 7 nitrogen and oxygen atoms in total. The smallest absolute Gasteiger partial charge is 0.244 e. The van der Waals surface area contributed by atoms with Gasteiger partial charge in [0.05, 0.1) is 11.9 Å². The minimum atomic E-state index is -3.79. The molecule has 0 saturated carbocycles. The third-order valence-corrected chi connectivity index (χ3v) is 7.43. The van der Waals surface area contributed by atoms with E-state index in [9.17, 15) is 18.0 Å². The predicted molar refractivity (Wildman–Crippen MR) is 148 cm³/mol. The number of likely N-dealkylation sites (N-methyl/N-ethyl adjacent to an activating group) is 1. The zero-order valence-corrected chi connectivity index (χ0v) is 22.9. The Kier molecular flexibility index (Phi) is 9.10. The van der Waals surface area contributed by atoms with E-state index in [0.717, 1.165) is 38.4 Å². The highest BCUT2D eigenvalue weighted by atomic mass is 32.2. The molecule has 0 aliphatic rings. The topological polar surface area (TPSA) is 86.8 Å². The molecule has 0 radical (unpaired) electrons. The van der Waals surface area contributed by atoms with Gasteiger partial charge in [-0.05, 0) is 49.1 Å². The van der Waals surface area contributed by atoms with Crippen LogP contribution in [0.5, 0.6) is 0 Å². The van der Waals surface area contributed by atoms with Gasteiger partial charge in [-0.15, -0.1) is 0 Å². The molecule has 2 amide bonds. The van der Waals surface area contributed by atoms with Crippen molar-refractivity contribution in [3.63, 3.8) is 0 Å². The maximum atomic E-state index is 13.9. The molecular formula is C29H35N3O4S. The Morgan fingerprint density at radius 1 is 0.865 bits per heavy atom. The normalized spacial score (nSPS) is 12.0. The summed E-state index contributed by atoms with van der Waals surface area (Å²) in [5.74, 6) is -0.779. The number of nitrogens with zero attached hydrogens (tertiary/aromatic N) is 2. The van der Waals surface area contributed by atoms with Crippen molar-refractivity contribution in [3.05, 3.63) is 101 Å². The van der Waals surface area contributed by atoms with E-state index in [2.05, 4.69) is 5.32 Å². The highest BCUT2D eigenvalue weighted by molar-refractivity contribution is 7.92. The molecule has 196 valence electrons. The third kappa shape index (κ3) is 7.43. The summed E-state index contributed by atoms with van der Waals surface area (Å²) in [5.41, 5.74) is 4.88. The van der Waals surface area contributed by atoms with Gasteiger partial charge in [-0.3, -0.25) is 13.9 Å². The van der Waals surface area contributed by atoms with Gasteiger partial charge in [-0.1, -0.05) is 72.3 Å². The number of nitrogens with one attached hydrogen (secondary N) is 1. The first kappa shape index (κ1) is 27.9. The zero-order valence-electron chi connectivity index (χ0n) is 22.1. The summed E-state index contributed by atoms with van der Waals surface area (Å²) in [6, 6.07) is 21.8. The van der Waals surface area contributed by atoms with Crippen molar-refractivity contribution < 1.29 is 18.0 Å². The van der Waals surface area contributed by atoms with Crippen LogP contribution in [0.3, 0.4) is 0 Å². The van der Waals surface area contributed by atoms with Crippen molar-refractivity contribution in [1.82, 2.24) is 10.2 Å². The Labute approximate surface area is 220 Å². The molecule has 37 heavy (non-hydrogen) atoms. The van der Waals surface area contributed by atoms with Gasteiger partial charge >= 0.3 is 0 Å². The molecule has 1 atom stereocenters. The SMILES string of the molecule is CNC(=O)[C@@H](Cc1ccccc1)N(Cc1ccc(C)cc1)C(=O)CN(c1cc(C)ccc1C)S(C)(=O)=O. The first-order valence-electron chi connectivity index (χ1n) is 12.1. The molecule has 8 heteroatoms. The van der Waals surface area contributed by atoms with Gasteiger partial charge in [0.2, 0.25) is 21.8 Å². The van der Waals surface area contributed by atoms with E-state index >= 15 is 0 Å². The first-order chi connectivity index (χ1) is 17.5. The van der Waals surface area contributed by atoms with Crippen LogP contribution in [0, 0.1) is 20.8 Å². The van der Waals surface area contributed by atoms with E-state index in [1.54, 1.807) is 6.07 Å². The second-order valence-electron chi connectivity index (χ2n) is 9.39. The molecule has 3 rings (SSSR count). The minimum Gasteiger partial charge on any atom is -0.357 e. The molecular weight excluding hydrogens is 486 g/mol. The maximum Gasteiger partial charge on any atom is 0.244 e. The fraction of sp³-hybridized carbons (Fsp3) is 0.310. The lowest BCUT2D eigenvalue weighted by atomic mass is 10.0. The lowest BCUT2D eigenvalue weighted by Gasteiger charge is -2.33. The van der Waals surface area contributed by atoms with Gasteiger partial charge in [0.25, 0.3) is 0 Å². The summed E-state index contributed by atoms with van der Waals surface area (Å²) in [6.07, 6.45) is 1.38. The van der Waals surface area contributed by atoms with E-state index in [1.165, 1.54) is 11.9 Å². The molecule has 0 saturated heterocycles. The van der Waals surface area contributed by atoms with E-state index in [4.69, 9.17) is 0 Å². The second-order valence-corrected chi connectivity index (χ2v) is 11.3. The average Bonchev–Trinajstić information content (AvgIpc) is 2.86. The molecule has 3 aromatic carbocycles. The highest BCUT2D eigenvalue weighted by Crippen LogP contribution is 2.25. The van der Waals surface area contributed by atoms with Gasteiger partial charge in [-0.25, -0.2) is 8.42 Å². The van der Waals surface area contributed by atoms with Crippen molar-refractivity contribution in [2.24, 2.45) is 0 Å². The summed E-state index contributed by atoms with van der Waals surface area (Å²) in [5, 5.41) is 2.68. The van der Waals surface area contributed by atoms with Gasteiger partial charge in [0.1, 0.15) is 12.6 Å². The van der Waals surface area contributed by atoms with E-state index in [0.29, 0.717) is 12.1 Å². The summed E-state index contributed by atoms with van der Waals surface area (Å²) in [7, 11) is -2.25. The Morgan fingerprint density at radius 2 is 1.49 bits per heavy atom. The fourth-order valence-corrected chi connectivity index (χ4v) is 5.09. The average molecular weight is 522 g/mol. The Hall–Kier alpha value is -3.65. The summed E-state index contributed by atoms with van der Waals surface area (Å²) >= 11 is 0. The van der Waals surface area contributed by atoms with E-state index in [-0.39, 0.29) is 12.5 Å². The van der Waals surface area contributed by atoms with Crippen LogP contribution >= 0.6 is 0 Å². The number of sulfonamides is 1. The summed E-state index contributed by atoms with van der Waals surface area (Å²) in [6.45, 7) is 5.40. The Balaban J connectivity index is 2.04. The summed E-state index contributed by atoms with van der Waals surface area (Å²) < 4.78 is 26.9. The van der Waals surface area contributed by atoms with Crippen LogP contribution in [-0.2, 0) is 32.6 Å². The van der Waals surface area contributed by atoms with Crippen molar-refractivity contribution >= 4 is 27.5 Å². The lowest BCUT2D eigenvalue weighted by Crippen LogP contribution is -2.53. The Morgan fingerprint density at radius 3 is 2.08 bits per heavy atom. The van der Waals surface area contributed by atoms with Crippen LogP contribution in [-0.4, -0.2) is 51.0 Å². The van der Waals surface area contributed by atoms with Crippen LogP contribution in [0.15, 0.2) is 72.8 Å². The fourth-order valence-electron chi connectivity index (χ4n) is 4.19. The zero-order chi connectivity index (χ0) is 27.2. The monoisotopic (exact) mass is 521 g/mol. The molecule has 1 N–H and O–H groups in total. The maximum absolute atomic E-state index is 13.9. The molecule has 0 fully saturated rings. The Bertz CT molecular complexity index is 1340. The molecule has 0 aromatic heterocycles. The van der Waals surface area contributed by atoms with E-state index in [1.807, 2.05) is 87.5 Å². The number of aryl methyl sites for hydroxylation is 3.